The van der Waals surface area contributed by atoms with Crippen LogP contribution in [0.15, 0.2) is 34.8 Å². The number of aliphatic hydroxyl groups is 1. The Kier molecular flexibility index (Phi) is 3.73. The van der Waals surface area contributed by atoms with Crippen LogP contribution in [0.1, 0.15) is 11.7 Å². The van der Waals surface area contributed by atoms with Crippen molar-refractivity contribution in [2.24, 2.45) is 0 Å². The van der Waals surface area contributed by atoms with Gasteiger partial charge in [0.2, 0.25) is 0 Å². The summed E-state index contributed by atoms with van der Waals surface area (Å²) in [5.74, 6) is 0.289. The Morgan fingerprint density at radius 3 is 2.32 bits per heavy atom. The lowest BCUT2D eigenvalue weighted by atomic mass is 10.0. The number of methoxy groups -OCH3 is 1. The minimum atomic E-state index is -4.73. The third-order valence-electron chi connectivity index (χ3n) is 2.79. The van der Waals surface area contributed by atoms with Gasteiger partial charge in [0.1, 0.15) is 5.75 Å². The molecule has 0 aliphatic heterocycles. The van der Waals surface area contributed by atoms with E-state index in [1.807, 2.05) is 0 Å². The van der Waals surface area contributed by atoms with Crippen molar-refractivity contribution in [1.82, 2.24) is 0 Å². The van der Waals surface area contributed by atoms with Gasteiger partial charge in [-0.2, -0.15) is 13.2 Å². The first kappa shape index (κ1) is 14.1. The summed E-state index contributed by atoms with van der Waals surface area (Å²) < 4.78 is 43.2. The second-order valence-corrected chi connectivity index (χ2v) is 4.76. The Hall–Kier alpha value is -1.27. The smallest absolute Gasteiger partial charge is 0.418 e. The van der Waals surface area contributed by atoms with Crippen LogP contribution in [0.3, 0.4) is 0 Å². The lowest BCUT2D eigenvalue weighted by Crippen LogP contribution is -2.20. The highest BCUT2D eigenvalue weighted by Gasteiger charge is 2.41. The largest absolute Gasteiger partial charge is 0.496 e. The van der Waals surface area contributed by atoms with Gasteiger partial charge in [0.15, 0.2) is 6.10 Å². The van der Waals surface area contributed by atoms with Gasteiger partial charge in [-0.05, 0) is 27.4 Å². The van der Waals surface area contributed by atoms with Crippen molar-refractivity contribution in [2.75, 3.05) is 7.11 Å². The van der Waals surface area contributed by atoms with Gasteiger partial charge in [-0.15, -0.1) is 0 Å². The van der Waals surface area contributed by atoms with Crippen LogP contribution in [-0.2, 0) is 0 Å². The summed E-state index contributed by atoms with van der Waals surface area (Å²) in [5.41, 5.74) is -0.261. The molecule has 0 bridgehead atoms. The molecule has 2 rings (SSSR count). The number of aliphatic hydroxyl groups excluding tert-OH is 1. The van der Waals surface area contributed by atoms with Crippen LogP contribution in [-0.4, -0.2) is 18.4 Å². The highest BCUT2D eigenvalue weighted by atomic mass is 79.9. The fourth-order valence-corrected chi connectivity index (χ4v) is 2.55. The van der Waals surface area contributed by atoms with Crippen LogP contribution in [0.5, 0.6) is 5.75 Å². The summed E-state index contributed by atoms with van der Waals surface area (Å²) in [6.07, 6.45) is -7.28. The minimum absolute atomic E-state index is 0.216. The maximum Gasteiger partial charge on any atom is 0.418 e. The van der Waals surface area contributed by atoms with Crippen molar-refractivity contribution in [3.05, 3.63) is 40.4 Å². The first-order valence-corrected chi connectivity index (χ1v) is 6.15. The van der Waals surface area contributed by atoms with E-state index in [-0.39, 0.29) is 15.8 Å². The van der Waals surface area contributed by atoms with Crippen molar-refractivity contribution in [3.63, 3.8) is 0 Å². The zero-order chi connectivity index (χ0) is 14.2. The highest BCUT2D eigenvalue weighted by molar-refractivity contribution is 9.10. The summed E-state index contributed by atoms with van der Waals surface area (Å²) in [4.78, 5) is 0. The third kappa shape index (κ3) is 2.55. The first-order chi connectivity index (χ1) is 8.86. The van der Waals surface area contributed by atoms with Crippen molar-refractivity contribution in [3.8, 4) is 5.75 Å². The van der Waals surface area contributed by atoms with Crippen molar-refractivity contribution in [1.29, 1.82) is 0 Å². The molecule has 1 unspecified atom stereocenters. The fraction of sp³-hybridized carbons (Fsp3) is 0.231. The van der Waals surface area contributed by atoms with Gasteiger partial charge in [0, 0.05) is 15.4 Å². The predicted octanol–water partition coefficient (Wildman–Crippen LogP) is 4.21. The molecule has 19 heavy (non-hydrogen) atoms. The van der Waals surface area contributed by atoms with E-state index < -0.39 is 12.3 Å². The molecular formula is C13H10BrF3O2. The molecule has 2 aromatic rings. The molecule has 2 aromatic carbocycles. The van der Waals surface area contributed by atoms with Gasteiger partial charge in [-0.1, -0.05) is 24.3 Å². The van der Waals surface area contributed by atoms with E-state index in [0.29, 0.717) is 10.8 Å². The SMILES string of the molecule is COc1cc(C(O)C(F)(F)F)c(Br)c2ccccc12. The van der Waals surface area contributed by atoms with E-state index in [1.54, 1.807) is 24.3 Å². The van der Waals surface area contributed by atoms with Crippen LogP contribution < -0.4 is 4.74 Å². The van der Waals surface area contributed by atoms with E-state index in [4.69, 9.17) is 4.74 Å². The van der Waals surface area contributed by atoms with Crippen molar-refractivity contribution in [2.45, 2.75) is 12.3 Å². The number of hydrogen-bond acceptors (Lipinski definition) is 2. The number of rotatable bonds is 2. The molecule has 102 valence electrons. The summed E-state index contributed by atoms with van der Waals surface area (Å²) in [5, 5.41) is 10.6. The van der Waals surface area contributed by atoms with Gasteiger partial charge in [-0.25, -0.2) is 0 Å². The molecule has 2 nitrogen and oxygen atoms in total. The molecule has 0 spiro atoms. The molecule has 6 heteroatoms. The Labute approximate surface area is 115 Å². The molecule has 0 saturated carbocycles. The van der Waals surface area contributed by atoms with Gasteiger partial charge >= 0.3 is 6.18 Å². The number of alkyl halides is 3. The normalized spacial score (nSPS) is 13.6. The Bertz CT molecular complexity index is 611. The molecule has 0 aliphatic rings. The molecule has 0 amide bonds. The molecular weight excluding hydrogens is 325 g/mol. The molecule has 0 saturated heterocycles. The Morgan fingerprint density at radius 2 is 1.79 bits per heavy atom. The highest BCUT2D eigenvalue weighted by Crippen LogP contribution is 2.42. The summed E-state index contributed by atoms with van der Waals surface area (Å²) in [6.45, 7) is 0. The number of hydrogen-bond donors (Lipinski definition) is 1. The van der Waals surface area contributed by atoms with Crippen LogP contribution in [0.25, 0.3) is 10.8 Å². The number of ether oxygens (including phenoxy) is 1. The number of benzene rings is 2. The average molecular weight is 335 g/mol. The Balaban J connectivity index is 2.73. The molecule has 1 atom stereocenters. The fourth-order valence-electron chi connectivity index (χ4n) is 1.87. The maximum atomic E-state index is 12.6. The Morgan fingerprint density at radius 1 is 1.21 bits per heavy atom. The van der Waals surface area contributed by atoms with E-state index in [9.17, 15) is 18.3 Å². The van der Waals surface area contributed by atoms with Gasteiger partial charge in [-0.3, -0.25) is 0 Å². The van der Waals surface area contributed by atoms with Gasteiger partial charge in [0.25, 0.3) is 0 Å². The van der Waals surface area contributed by atoms with E-state index in [2.05, 4.69) is 15.9 Å². The number of halogens is 4. The van der Waals surface area contributed by atoms with E-state index in [1.165, 1.54) is 13.2 Å². The van der Waals surface area contributed by atoms with Crippen LogP contribution in [0.4, 0.5) is 13.2 Å². The summed E-state index contributed by atoms with van der Waals surface area (Å²) in [6, 6.07) is 8.06. The van der Waals surface area contributed by atoms with Crippen LogP contribution in [0.2, 0.25) is 0 Å². The monoisotopic (exact) mass is 334 g/mol. The van der Waals surface area contributed by atoms with Crippen molar-refractivity contribution >= 4 is 26.7 Å². The molecule has 0 fully saturated rings. The average Bonchev–Trinajstić information content (AvgIpc) is 2.38. The van der Waals surface area contributed by atoms with Gasteiger partial charge < -0.3 is 9.84 Å². The maximum absolute atomic E-state index is 12.6. The third-order valence-corrected chi connectivity index (χ3v) is 3.68. The molecule has 0 heterocycles. The first-order valence-electron chi connectivity index (χ1n) is 5.36. The second kappa shape index (κ2) is 5.02. The second-order valence-electron chi connectivity index (χ2n) is 3.97. The lowest BCUT2D eigenvalue weighted by molar-refractivity contribution is -0.207. The molecule has 0 radical (unpaired) electrons. The van der Waals surface area contributed by atoms with Crippen LogP contribution >= 0.6 is 15.9 Å². The zero-order valence-electron chi connectivity index (χ0n) is 9.83. The number of fused-ring (bicyclic) bond motifs is 1. The van der Waals surface area contributed by atoms with Crippen LogP contribution in [0, 0.1) is 0 Å². The predicted molar refractivity (Wildman–Crippen MR) is 69.2 cm³/mol. The summed E-state index contributed by atoms with van der Waals surface area (Å²) in [7, 11) is 1.37. The van der Waals surface area contributed by atoms with E-state index in [0.717, 1.165) is 0 Å². The van der Waals surface area contributed by atoms with E-state index >= 15 is 0 Å². The summed E-state index contributed by atoms with van der Waals surface area (Å²) >= 11 is 3.12. The van der Waals surface area contributed by atoms with Gasteiger partial charge in [0.05, 0.1) is 7.11 Å². The zero-order valence-corrected chi connectivity index (χ0v) is 11.4. The van der Waals surface area contributed by atoms with Crippen molar-refractivity contribution < 1.29 is 23.0 Å². The lowest BCUT2D eigenvalue weighted by Gasteiger charge is -2.19. The molecule has 1 N–H and O–H groups in total. The quantitative estimate of drug-likeness (QED) is 0.891. The standard InChI is InChI=1S/C13H10BrF3O2/c1-19-10-6-9(12(18)13(15,16)17)11(14)8-5-3-2-4-7(8)10/h2-6,12,18H,1H3. The topological polar surface area (TPSA) is 29.5 Å². The minimum Gasteiger partial charge on any atom is -0.496 e. The molecule has 0 aliphatic carbocycles. The molecule has 0 aromatic heterocycles.